The minimum Gasteiger partial charge on any atom is -0.486 e. The van der Waals surface area contributed by atoms with Crippen molar-refractivity contribution in [2.45, 2.75) is 25.7 Å². The number of nitrogens with zero attached hydrogens (tertiary/aromatic N) is 1. The van der Waals surface area contributed by atoms with Crippen molar-refractivity contribution < 1.29 is 9.13 Å². The third kappa shape index (κ3) is 2.35. The van der Waals surface area contributed by atoms with Crippen LogP contribution < -0.4 is 9.64 Å². The minimum absolute atomic E-state index is 0.268. The van der Waals surface area contributed by atoms with Crippen LogP contribution in [0.4, 0.5) is 10.1 Å². The molecule has 1 aliphatic heterocycles. The van der Waals surface area contributed by atoms with Gasteiger partial charge >= 0.3 is 0 Å². The predicted molar refractivity (Wildman–Crippen MR) is 73.8 cm³/mol. The Morgan fingerprint density at radius 2 is 2.11 bits per heavy atom. The first-order valence-corrected chi connectivity index (χ1v) is 7.40. The number of anilines is 1. The van der Waals surface area contributed by atoms with E-state index in [-0.39, 0.29) is 5.82 Å². The molecule has 0 atom stereocenters. The van der Waals surface area contributed by atoms with Crippen molar-refractivity contribution in [2.75, 3.05) is 24.6 Å². The molecule has 0 aromatic heterocycles. The van der Waals surface area contributed by atoms with Crippen LogP contribution >= 0.6 is 15.9 Å². The first-order valence-electron chi connectivity index (χ1n) is 6.61. The summed E-state index contributed by atoms with van der Waals surface area (Å²) >= 11 is 3.36. The van der Waals surface area contributed by atoms with Gasteiger partial charge in [0.25, 0.3) is 0 Å². The molecule has 18 heavy (non-hydrogen) atoms. The van der Waals surface area contributed by atoms with E-state index in [2.05, 4.69) is 20.8 Å². The van der Waals surface area contributed by atoms with Crippen molar-refractivity contribution in [1.82, 2.24) is 0 Å². The monoisotopic (exact) mass is 313 g/mol. The van der Waals surface area contributed by atoms with Gasteiger partial charge in [-0.15, -0.1) is 0 Å². The summed E-state index contributed by atoms with van der Waals surface area (Å²) < 4.78 is 20.1. The molecule has 0 N–H and O–H groups in total. The van der Waals surface area contributed by atoms with Crippen LogP contribution in [0.15, 0.2) is 16.6 Å². The Labute approximate surface area is 115 Å². The van der Waals surface area contributed by atoms with E-state index in [4.69, 9.17) is 4.74 Å². The van der Waals surface area contributed by atoms with E-state index in [0.29, 0.717) is 12.4 Å². The fourth-order valence-electron chi connectivity index (χ4n) is 3.00. The summed E-state index contributed by atoms with van der Waals surface area (Å²) in [6.07, 6.45) is 5.30. The molecule has 0 saturated heterocycles. The Morgan fingerprint density at radius 3 is 2.89 bits per heavy atom. The standard InChI is InChI=1S/C14H17BrFNO/c15-11-7-12(16)14-13(8-11)17(5-6-18-14)9-10-3-1-2-4-10/h7-8,10H,1-6,9H2. The Bertz CT molecular complexity index is 446. The Balaban J connectivity index is 1.86. The lowest BCUT2D eigenvalue weighted by molar-refractivity contribution is 0.287. The molecule has 98 valence electrons. The lowest BCUT2D eigenvalue weighted by Crippen LogP contribution is -2.36. The molecule has 0 radical (unpaired) electrons. The van der Waals surface area contributed by atoms with Crippen LogP contribution in [0.3, 0.4) is 0 Å². The molecule has 0 amide bonds. The van der Waals surface area contributed by atoms with Gasteiger partial charge in [-0.2, -0.15) is 0 Å². The summed E-state index contributed by atoms with van der Waals surface area (Å²) in [5.74, 6) is 0.913. The summed E-state index contributed by atoms with van der Waals surface area (Å²) in [4.78, 5) is 2.28. The average molecular weight is 314 g/mol. The summed E-state index contributed by atoms with van der Waals surface area (Å²) in [5, 5.41) is 0. The van der Waals surface area contributed by atoms with E-state index in [0.717, 1.165) is 29.2 Å². The van der Waals surface area contributed by atoms with Crippen LogP contribution in [0.25, 0.3) is 0 Å². The number of benzene rings is 1. The molecule has 2 aliphatic rings. The van der Waals surface area contributed by atoms with Gasteiger partial charge in [0.15, 0.2) is 11.6 Å². The van der Waals surface area contributed by atoms with Gasteiger partial charge in [0.05, 0.1) is 12.2 Å². The maximum atomic E-state index is 13.8. The van der Waals surface area contributed by atoms with E-state index in [1.807, 2.05) is 6.07 Å². The van der Waals surface area contributed by atoms with Gasteiger partial charge < -0.3 is 9.64 Å². The quantitative estimate of drug-likeness (QED) is 0.819. The smallest absolute Gasteiger partial charge is 0.178 e. The third-order valence-corrected chi connectivity index (χ3v) is 4.35. The van der Waals surface area contributed by atoms with Crippen LogP contribution in [0.1, 0.15) is 25.7 Å². The van der Waals surface area contributed by atoms with Gasteiger partial charge in [-0.05, 0) is 30.9 Å². The van der Waals surface area contributed by atoms with Crippen LogP contribution in [-0.2, 0) is 0 Å². The number of fused-ring (bicyclic) bond motifs is 1. The van der Waals surface area contributed by atoms with Crippen molar-refractivity contribution in [1.29, 1.82) is 0 Å². The third-order valence-electron chi connectivity index (χ3n) is 3.89. The molecule has 1 aromatic carbocycles. The predicted octanol–water partition coefficient (Wildman–Crippen LogP) is 3.98. The van der Waals surface area contributed by atoms with Crippen molar-refractivity contribution in [3.63, 3.8) is 0 Å². The zero-order chi connectivity index (χ0) is 12.5. The summed E-state index contributed by atoms with van der Waals surface area (Å²) in [6.45, 7) is 2.48. The summed E-state index contributed by atoms with van der Waals surface area (Å²) in [6, 6.07) is 3.43. The van der Waals surface area contributed by atoms with Gasteiger partial charge in [0.1, 0.15) is 6.61 Å². The molecule has 1 heterocycles. The molecule has 1 aliphatic carbocycles. The van der Waals surface area contributed by atoms with Crippen LogP contribution in [0.2, 0.25) is 0 Å². The molecule has 0 spiro atoms. The molecule has 0 unspecified atom stereocenters. The average Bonchev–Trinajstić information content (AvgIpc) is 2.83. The van der Waals surface area contributed by atoms with E-state index < -0.39 is 0 Å². The Kier molecular flexibility index (Phi) is 3.46. The summed E-state index contributed by atoms with van der Waals surface area (Å²) in [7, 11) is 0. The van der Waals surface area contributed by atoms with E-state index in [9.17, 15) is 4.39 Å². The first-order chi connectivity index (χ1) is 8.74. The van der Waals surface area contributed by atoms with Gasteiger partial charge in [-0.25, -0.2) is 4.39 Å². The van der Waals surface area contributed by atoms with Crippen LogP contribution in [-0.4, -0.2) is 19.7 Å². The van der Waals surface area contributed by atoms with Crippen molar-refractivity contribution >= 4 is 21.6 Å². The van der Waals surface area contributed by atoms with Crippen molar-refractivity contribution in [2.24, 2.45) is 5.92 Å². The fourth-order valence-corrected chi connectivity index (χ4v) is 3.41. The minimum atomic E-state index is -0.268. The van der Waals surface area contributed by atoms with Crippen molar-refractivity contribution in [3.05, 3.63) is 22.4 Å². The second-order valence-corrected chi connectivity index (χ2v) is 6.10. The highest BCUT2D eigenvalue weighted by Crippen LogP contribution is 2.38. The van der Waals surface area contributed by atoms with Gasteiger partial charge in [-0.3, -0.25) is 0 Å². The maximum Gasteiger partial charge on any atom is 0.178 e. The molecule has 2 nitrogen and oxygen atoms in total. The normalized spacial score (nSPS) is 19.8. The summed E-state index contributed by atoms with van der Waals surface area (Å²) in [5.41, 5.74) is 0.903. The molecule has 1 saturated carbocycles. The van der Waals surface area contributed by atoms with Crippen LogP contribution in [0, 0.1) is 11.7 Å². The molecular weight excluding hydrogens is 297 g/mol. The second kappa shape index (κ2) is 5.08. The zero-order valence-corrected chi connectivity index (χ0v) is 11.9. The van der Waals surface area contributed by atoms with Gasteiger partial charge in [0.2, 0.25) is 0 Å². The Hall–Kier alpha value is -0.770. The molecular formula is C14H17BrFNO. The molecule has 1 fully saturated rings. The SMILES string of the molecule is Fc1cc(Br)cc2c1OCCN2CC1CCCC1. The number of rotatable bonds is 2. The highest BCUT2D eigenvalue weighted by atomic mass is 79.9. The molecule has 1 aromatic rings. The van der Waals surface area contributed by atoms with Gasteiger partial charge in [0, 0.05) is 11.0 Å². The zero-order valence-electron chi connectivity index (χ0n) is 10.3. The lowest BCUT2D eigenvalue weighted by Gasteiger charge is -2.33. The molecule has 3 rings (SSSR count). The largest absolute Gasteiger partial charge is 0.486 e. The van der Waals surface area contributed by atoms with E-state index in [1.165, 1.54) is 31.7 Å². The first kappa shape index (κ1) is 12.3. The van der Waals surface area contributed by atoms with E-state index >= 15 is 0 Å². The van der Waals surface area contributed by atoms with E-state index in [1.54, 1.807) is 0 Å². The highest BCUT2D eigenvalue weighted by Gasteiger charge is 2.25. The number of hydrogen-bond donors (Lipinski definition) is 0. The van der Waals surface area contributed by atoms with Gasteiger partial charge in [-0.1, -0.05) is 28.8 Å². The number of halogens is 2. The van der Waals surface area contributed by atoms with Crippen molar-refractivity contribution in [3.8, 4) is 5.75 Å². The second-order valence-electron chi connectivity index (χ2n) is 5.18. The molecule has 0 bridgehead atoms. The fraction of sp³-hybridized carbons (Fsp3) is 0.571. The number of hydrogen-bond acceptors (Lipinski definition) is 2. The lowest BCUT2D eigenvalue weighted by atomic mass is 10.1. The number of ether oxygens (including phenoxy) is 1. The maximum absolute atomic E-state index is 13.8. The topological polar surface area (TPSA) is 12.5 Å². The van der Waals surface area contributed by atoms with Crippen LogP contribution in [0.5, 0.6) is 5.75 Å². The molecule has 4 heteroatoms. The highest BCUT2D eigenvalue weighted by molar-refractivity contribution is 9.10. The Morgan fingerprint density at radius 1 is 1.33 bits per heavy atom.